The van der Waals surface area contributed by atoms with E-state index in [0.29, 0.717) is 17.9 Å². The van der Waals surface area contributed by atoms with Gasteiger partial charge in [0, 0.05) is 5.56 Å². The first-order valence-corrected chi connectivity index (χ1v) is 4.31. The molecule has 0 amide bonds. The van der Waals surface area contributed by atoms with Crippen molar-refractivity contribution in [3.05, 3.63) is 22.6 Å². The SMILES string of the molecule is CCOC(=O)c1c(C)oc(C)c1C. The number of esters is 1. The van der Waals surface area contributed by atoms with E-state index in [4.69, 9.17) is 9.15 Å². The highest BCUT2D eigenvalue weighted by molar-refractivity contribution is 5.92. The predicted octanol–water partition coefficient (Wildman–Crippen LogP) is 2.38. The molecule has 0 saturated heterocycles. The van der Waals surface area contributed by atoms with Crippen LogP contribution < -0.4 is 0 Å². The van der Waals surface area contributed by atoms with Gasteiger partial charge in [-0.25, -0.2) is 4.79 Å². The van der Waals surface area contributed by atoms with E-state index in [1.165, 1.54) is 0 Å². The first-order valence-electron chi connectivity index (χ1n) is 4.31. The third-order valence-corrected chi connectivity index (χ3v) is 2.04. The molecule has 0 unspecified atom stereocenters. The molecule has 0 radical (unpaired) electrons. The van der Waals surface area contributed by atoms with Crippen molar-refractivity contribution in [3.8, 4) is 0 Å². The van der Waals surface area contributed by atoms with Crippen molar-refractivity contribution < 1.29 is 13.9 Å². The molecular weight excluding hydrogens is 168 g/mol. The Morgan fingerprint density at radius 3 is 2.31 bits per heavy atom. The van der Waals surface area contributed by atoms with Crippen LogP contribution in [0, 0.1) is 20.8 Å². The summed E-state index contributed by atoms with van der Waals surface area (Å²) in [7, 11) is 0. The molecule has 0 spiro atoms. The topological polar surface area (TPSA) is 39.4 Å². The molecule has 0 saturated carbocycles. The van der Waals surface area contributed by atoms with Gasteiger partial charge in [0.1, 0.15) is 17.1 Å². The number of hydrogen-bond acceptors (Lipinski definition) is 3. The van der Waals surface area contributed by atoms with Crippen molar-refractivity contribution in [3.63, 3.8) is 0 Å². The fourth-order valence-electron chi connectivity index (χ4n) is 1.30. The summed E-state index contributed by atoms with van der Waals surface area (Å²) in [5, 5.41) is 0. The van der Waals surface area contributed by atoms with Gasteiger partial charge in [0.25, 0.3) is 0 Å². The van der Waals surface area contributed by atoms with E-state index >= 15 is 0 Å². The van der Waals surface area contributed by atoms with Gasteiger partial charge in [-0.3, -0.25) is 0 Å². The standard InChI is InChI=1S/C10H14O3/c1-5-12-10(11)9-6(2)7(3)13-8(9)4/h5H2,1-4H3. The highest BCUT2D eigenvalue weighted by Gasteiger charge is 2.18. The monoisotopic (exact) mass is 182 g/mol. The number of furan rings is 1. The van der Waals surface area contributed by atoms with E-state index < -0.39 is 0 Å². The number of aryl methyl sites for hydroxylation is 2. The van der Waals surface area contributed by atoms with Gasteiger partial charge in [-0.15, -0.1) is 0 Å². The second kappa shape index (κ2) is 3.64. The Hall–Kier alpha value is -1.25. The van der Waals surface area contributed by atoms with E-state index in [0.717, 1.165) is 11.3 Å². The first-order chi connectivity index (χ1) is 6.07. The molecule has 1 rings (SSSR count). The van der Waals surface area contributed by atoms with E-state index in [1.54, 1.807) is 13.8 Å². The second-order valence-electron chi connectivity index (χ2n) is 2.93. The molecule has 1 heterocycles. The lowest BCUT2D eigenvalue weighted by Gasteiger charge is -2.00. The Labute approximate surface area is 77.7 Å². The summed E-state index contributed by atoms with van der Waals surface area (Å²) in [5.74, 6) is 1.11. The summed E-state index contributed by atoms with van der Waals surface area (Å²) in [4.78, 5) is 11.4. The van der Waals surface area contributed by atoms with Gasteiger partial charge in [0.15, 0.2) is 0 Å². The molecule has 3 heteroatoms. The maximum Gasteiger partial charge on any atom is 0.341 e. The van der Waals surface area contributed by atoms with Crippen LogP contribution in [-0.4, -0.2) is 12.6 Å². The molecular formula is C10H14O3. The molecule has 1 aromatic heterocycles. The zero-order valence-corrected chi connectivity index (χ0v) is 8.43. The van der Waals surface area contributed by atoms with Gasteiger partial charge < -0.3 is 9.15 Å². The minimum atomic E-state index is -0.297. The van der Waals surface area contributed by atoms with Gasteiger partial charge in [-0.1, -0.05) is 0 Å². The van der Waals surface area contributed by atoms with Crippen LogP contribution in [-0.2, 0) is 4.74 Å². The zero-order chi connectivity index (χ0) is 10.0. The Balaban J connectivity index is 3.06. The van der Waals surface area contributed by atoms with Crippen LogP contribution in [0.15, 0.2) is 4.42 Å². The molecule has 72 valence electrons. The predicted molar refractivity (Wildman–Crippen MR) is 48.9 cm³/mol. The molecule has 0 bridgehead atoms. The average Bonchev–Trinajstić information content (AvgIpc) is 2.27. The number of ether oxygens (including phenoxy) is 1. The summed E-state index contributed by atoms with van der Waals surface area (Å²) in [6.07, 6.45) is 0. The van der Waals surface area contributed by atoms with Crippen molar-refractivity contribution in [1.82, 2.24) is 0 Å². The summed E-state index contributed by atoms with van der Waals surface area (Å²) in [6, 6.07) is 0. The molecule has 0 N–H and O–H groups in total. The fraction of sp³-hybridized carbons (Fsp3) is 0.500. The molecule has 3 nitrogen and oxygen atoms in total. The van der Waals surface area contributed by atoms with Gasteiger partial charge >= 0.3 is 5.97 Å². The van der Waals surface area contributed by atoms with Crippen molar-refractivity contribution >= 4 is 5.97 Å². The Bertz CT molecular complexity index is 323. The smallest absolute Gasteiger partial charge is 0.341 e. The largest absolute Gasteiger partial charge is 0.465 e. The van der Waals surface area contributed by atoms with E-state index in [9.17, 15) is 4.79 Å². The van der Waals surface area contributed by atoms with Crippen molar-refractivity contribution in [1.29, 1.82) is 0 Å². The molecule has 1 aromatic rings. The number of carbonyl (C=O) groups excluding carboxylic acids is 1. The van der Waals surface area contributed by atoms with Crippen LogP contribution in [0.5, 0.6) is 0 Å². The maximum atomic E-state index is 11.4. The number of carbonyl (C=O) groups is 1. The Morgan fingerprint density at radius 1 is 1.31 bits per heavy atom. The Kier molecular flexibility index (Phi) is 2.76. The minimum Gasteiger partial charge on any atom is -0.465 e. The molecule has 0 atom stereocenters. The Morgan fingerprint density at radius 2 is 1.92 bits per heavy atom. The summed E-state index contributed by atoms with van der Waals surface area (Å²) >= 11 is 0. The second-order valence-corrected chi connectivity index (χ2v) is 2.93. The third-order valence-electron chi connectivity index (χ3n) is 2.04. The van der Waals surface area contributed by atoms with Crippen molar-refractivity contribution in [2.45, 2.75) is 27.7 Å². The minimum absolute atomic E-state index is 0.297. The third kappa shape index (κ3) is 1.74. The molecule has 0 aromatic carbocycles. The van der Waals surface area contributed by atoms with Crippen LogP contribution >= 0.6 is 0 Å². The maximum absolute atomic E-state index is 11.4. The van der Waals surface area contributed by atoms with E-state index in [1.807, 2.05) is 13.8 Å². The lowest BCUT2D eigenvalue weighted by molar-refractivity contribution is 0.0523. The number of rotatable bonds is 2. The van der Waals surface area contributed by atoms with Gasteiger partial charge in [0.05, 0.1) is 6.61 Å². The van der Waals surface area contributed by atoms with Crippen LogP contribution in [0.25, 0.3) is 0 Å². The molecule has 0 aliphatic rings. The molecule has 0 fully saturated rings. The summed E-state index contributed by atoms with van der Waals surface area (Å²) < 4.78 is 10.2. The number of hydrogen-bond donors (Lipinski definition) is 0. The summed E-state index contributed by atoms with van der Waals surface area (Å²) in [6.45, 7) is 7.65. The van der Waals surface area contributed by atoms with Gasteiger partial charge in [0.2, 0.25) is 0 Å². The van der Waals surface area contributed by atoms with E-state index in [2.05, 4.69) is 0 Å². The lowest BCUT2D eigenvalue weighted by Crippen LogP contribution is -2.06. The highest BCUT2D eigenvalue weighted by atomic mass is 16.5. The lowest BCUT2D eigenvalue weighted by atomic mass is 10.1. The van der Waals surface area contributed by atoms with E-state index in [-0.39, 0.29) is 5.97 Å². The molecule has 0 aliphatic heterocycles. The quantitative estimate of drug-likeness (QED) is 0.659. The fourth-order valence-corrected chi connectivity index (χ4v) is 1.30. The van der Waals surface area contributed by atoms with Crippen LogP contribution in [0.2, 0.25) is 0 Å². The van der Waals surface area contributed by atoms with Crippen LogP contribution in [0.3, 0.4) is 0 Å². The van der Waals surface area contributed by atoms with Crippen LogP contribution in [0.4, 0.5) is 0 Å². The van der Waals surface area contributed by atoms with Gasteiger partial charge in [-0.2, -0.15) is 0 Å². The highest BCUT2D eigenvalue weighted by Crippen LogP contribution is 2.21. The van der Waals surface area contributed by atoms with Gasteiger partial charge in [-0.05, 0) is 27.7 Å². The summed E-state index contributed by atoms with van der Waals surface area (Å²) in [5.41, 5.74) is 1.44. The average molecular weight is 182 g/mol. The van der Waals surface area contributed by atoms with Crippen molar-refractivity contribution in [2.24, 2.45) is 0 Å². The first kappa shape index (κ1) is 9.84. The van der Waals surface area contributed by atoms with Crippen LogP contribution in [0.1, 0.15) is 34.4 Å². The normalized spacial score (nSPS) is 10.2. The molecule has 13 heavy (non-hydrogen) atoms. The zero-order valence-electron chi connectivity index (χ0n) is 8.43. The molecule has 0 aliphatic carbocycles. The van der Waals surface area contributed by atoms with Crippen molar-refractivity contribution in [2.75, 3.05) is 6.61 Å².